The molecule has 0 rings (SSSR count). The molecule has 2 N–H and O–H groups in total. The molecular formula is C11H21F3N2O. The topological polar surface area (TPSA) is 41.1 Å². The summed E-state index contributed by atoms with van der Waals surface area (Å²) in [7, 11) is 0. The first-order valence-electron chi connectivity index (χ1n) is 5.59. The third-order valence-electron chi connectivity index (χ3n) is 2.92. The molecule has 102 valence electrons. The lowest BCUT2D eigenvalue weighted by Gasteiger charge is -2.29. The molecule has 0 radical (unpaired) electrons. The van der Waals surface area contributed by atoms with Crippen molar-refractivity contribution >= 4 is 5.91 Å². The molecule has 0 spiro atoms. The van der Waals surface area contributed by atoms with E-state index in [0.717, 1.165) is 0 Å². The number of carbonyl (C=O) groups excluding carboxylic acids is 1. The Morgan fingerprint density at radius 1 is 1.18 bits per heavy atom. The van der Waals surface area contributed by atoms with Crippen LogP contribution >= 0.6 is 0 Å². The fourth-order valence-corrected chi connectivity index (χ4v) is 0.964. The van der Waals surface area contributed by atoms with Gasteiger partial charge in [-0.25, -0.2) is 0 Å². The zero-order chi connectivity index (χ0) is 13.7. The molecule has 3 nitrogen and oxygen atoms in total. The highest BCUT2D eigenvalue weighted by molar-refractivity contribution is 5.77. The second kappa shape index (κ2) is 6.23. The molecule has 17 heavy (non-hydrogen) atoms. The number of carbonyl (C=O) groups is 1. The summed E-state index contributed by atoms with van der Waals surface area (Å²) in [6.07, 6.45) is -4.35. The molecule has 0 unspecified atom stereocenters. The maximum Gasteiger partial charge on any atom is 0.405 e. The van der Waals surface area contributed by atoms with Gasteiger partial charge in [-0.05, 0) is 11.3 Å². The van der Waals surface area contributed by atoms with E-state index in [1.165, 1.54) is 0 Å². The maximum absolute atomic E-state index is 11.8. The minimum atomic E-state index is -4.35. The lowest BCUT2D eigenvalue weighted by atomic mass is 9.81. The van der Waals surface area contributed by atoms with Crippen molar-refractivity contribution in [3.8, 4) is 0 Å². The molecule has 0 saturated heterocycles. The van der Waals surface area contributed by atoms with Crippen LogP contribution in [0.3, 0.4) is 0 Å². The Morgan fingerprint density at radius 2 is 1.71 bits per heavy atom. The van der Waals surface area contributed by atoms with Gasteiger partial charge in [0, 0.05) is 6.54 Å². The summed E-state index contributed by atoms with van der Waals surface area (Å²) in [5.41, 5.74) is 0.00427. The Kier molecular flexibility index (Phi) is 5.95. The minimum Gasteiger partial charge on any atom is -0.346 e. The molecule has 0 bridgehead atoms. The van der Waals surface area contributed by atoms with Gasteiger partial charge in [0.2, 0.25) is 5.91 Å². The van der Waals surface area contributed by atoms with Gasteiger partial charge in [0.15, 0.2) is 0 Å². The third-order valence-corrected chi connectivity index (χ3v) is 2.92. The smallest absolute Gasteiger partial charge is 0.346 e. The zero-order valence-electron chi connectivity index (χ0n) is 10.7. The molecule has 0 saturated carbocycles. The summed E-state index contributed by atoms with van der Waals surface area (Å²) in [6, 6.07) is 0. The molecule has 0 aliphatic carbocycles. The molecule has 1 amide bonds. The van der Waals surface area contributed by atoms with Gasteiger partial charge in [0.1, 0.15) is 6.54 Å². The van der Waals surface area contributed by atoms with Crippen LogP contribution in [-0.4, -0.2) is 31.7 Å². The average Bonchev–Trinajstić information content (AvgIpc) is 2.13. The predicted octanol–water partition coefficient (Wildman–Crippen LogP) is 1.94. The number of hydrogen-bond acceptors (Lipinski definition) is 2. The maximum atomic E-state index is 11.8. The molecule has 0 aliphatic rings. The van der Waals surface area contributed by atoms with E-state index in [9.17, 15) is 18.0 Å². The molecule has 0 fully saturated rings. The quantitative estimate of drug-likeness (QED) is 0.760. The van der Waals surface area contributed by atoms with Crippen molar-refractivity contribution in [2.24, 2.45) is 11.3 Å². The fraction of sp³-hybridized carbons (Fsp3) is 0.909. The van der Waals surface area contributed by atoms with Crippen LogP contribution in [0.5, 0.6) is 0 Å². The summed E-state index contributed by atoms with van der Waals surface area (Å²) in [4.78, 5) is 11.1. The van der Waals surface area contributed by atoms with Crippen LogP contribution in [-0.2, 0) is 4.79 Å². The Morgan fingerprint density at radius 3 is 2.12 bits per heavy atom. The van der Waals surface area contributed by atoms with E-state index >= 15 is 0 Å². The van der Waals surface area contributed by atoms with Crippen LogP contribution in [0.25, 0.3) is 0 Å². The predicted molar refractivity (Wildman–Crippen MR) is 60.6 cm³/mol. The van der Waals surface area contributed by atoms with Gasteiger partial charge < -0.3 is 10.6 Å². The number of rotatable bonds is 6. The monoisotopic (exact) mass is 254 g/mol. The van der Waals surface area contributed by atoms with Gasteiger partial charge in [-0.2, -0.15) is 13.2 Å². The Balaban J connectivity index is 3.80. The van der Waals surface area contributed by atoms with Crippen molar-refractivity contribution in [1.29, 1.82) is 0 Å². The second-order valence-corrected chi connectivity index (χ2v) is 5.14. The largest absolute Gasteiger partial charge is 0.405 e. The second-order valence-electron chi connectivity index (χ2n) is 5.14. The molecular weight excluding hydrogens is 233 g/mol. The lowest BCUT2D eigenvalue weighted by Crippen LogP contribution is -2.42. The SMILES string of the molecule is CC(C)C(C)(C)CNCC(=O)NCC(F)(F)F. The van der Waals surface area contributed by atoms with Crippen molar-refractivity contribution in [2.45, 2.75) is 33.9 Å². The van der Waals surface area contributed by atoms with Gasteiger partial charge in [-0.15, -0.1) is 0 Å². The van der Waals surface area contributed by atoms with Gasteiger partial charge in [0.05, 0.1) is 6.54 Å². The van der Waals surface area contributed by atoms with E-state index in [4.69, 9.17) is 0 Å². The van der Waals surface area contributed by atoms with Crippen molar-refractivity contribution in [1.82, 2.24) is 10.6 Å². The Labute approximate surface area is 100 Å². The van der Waals surface area contributed by atoms with Gasteiger partial charge in [-0.3, -0.25) is 4.79 Å². The Bertz CT molecular complexity index is 250. The number of nitrogens with one attached hydrogen (secondary N) is 2. The van der Waals surface area contributed by atoms with Crippen molar-refractivity contribution in [2.75, 3.05) is 19.6 Å². The highest BCUT2D eigenvalue weighted by Gasteiger charge is 2.27. The summed E-state index contributed by atoms with van der Waals surface area (Å²) in [5, 5.41) is 4.68. The average molecular weight is 254 g/mol. The number of hydrogen-bond donors (Lipinski definition) is 2. The lowest BCUT2D eigenvalue weighted by molar-refractivity contribution is -0.137. The molecule has 0 aliphatic heterocycles. The van der Waals surface area contributed by atoms with Gasteiger partial charge in [0.25, 0.3) is 0 Å². The van der Waals surface area contributed by atoms with Crippen LogP contribution in [0.4, 0.5) is 13.2 Å². The fourth-order valence-electron chi connectivity index (χ4n) is 0.964. The van der Waals surface area contributed by atoms with Gasteiger partial charge >= 0.3 is 6.18 Å². The molecule has 0 aromatic carbocycles. The highest BCUT2D eigenvalue weighted by atomic mass is 19.4. The normalized spacial score (nSPS) is 12.9. The first-order chi connectivity index (χ1) is 7.54. The number of amides is 1. The standard InChI is InChI=1S/C11H21F3N2O/c1-8(2)10(3,4)6-15-5-9(17)16-7-11(12,13)14/h8,15H,5-7H2,1-4H3,(H,16,17). The van der Waals surface area contributed by atoms with Crippen molar-refractivity contribution in [3.63, 3.8) is 0 Å². The number of halogens is 3. The van der Waals surface area contributed by atoms with Gasteiger partial charge in [-0.1, -0.05) is 27.7 Å². The van der Waals surface area contributed by atoms with Crippen LogP contribution in [0.2, 0.25) is 0 Å². The van der Waals surface area contributed by atoms with Crippen molar-refractivity contribution in [3.05, 3.63) is 0 Å². The first-order valence-corrected chi connectivity index (χ1v) is 5.59. The third kappa shape index (κ3) is 8.01. The summed E-state index contributed by atoms with van der Waals surface area (Å²) >= 11 is 0. The minimum absolute atomic E-state index is 0.00427. The van der Waals surface area contributed by atoms with Crippen LogP contribution in [0.15, 0.2) is 0 Å². The molecule has 0 aromatic heterocycles. The molecule has 0 atom stereocenters. The van der Waals surface area contributed by atoms with Crippen LogP contribution in [0, 0.1) is 11.3 Å². The van der Waals surface area contributed by atoms with E-state index in [2.05, 4.69) is 19.2 Å². The highest BCUT2D eigenvalue weighted by Crippen LogP contribution is 2.24. The summed E-state index contributed by atoms with van der Waals surface area (Å²) < 4.78 is 35.4. The Hall–Kier alpha value is -0.780. The van der Waals surface area contributed by atoms with E-state index in [1.54, 1.807) is 0 Å². The summed E-state index contributed by atoms with van der Waals surface area (Å²) in [6.45, 7) is 7.42. The van der Waals surface area contributed by atoms with E-state index in [-0.39, 0.29) is 12.0 Å². The van der Waals surface area contributed by atoms with Crippen molar-refractivity contribution < 1.29 is 18.0 Å². The summed E-state index contributed by atoms with van der Waals surface area (Å²) in [5.74, 6) is -0.213. The molecule has 0 aromatic rings. The van der Waals surface area contributed by atoms with E-state index in [0.29, 0.717) is 12.5 Å². The molecule has 0 heterocycles. The molecule has 6 heteroatoms. The van der Waals surface area contributed by atoms with Crippen LogP contribution < -0.4 is 10.6 Å². The van der Waals surface area contributed by atoms with Crippen LogP contribution in [0.1, 0.15) is 27.7 Å². The zero-order valence-corrected chi connectivity index (χ0v) is 10.7. The number of alkyl halides is 3. The first kappa shape index (κ1) is 16.2. The van der Waals surface area contributed by atoms with E-state index < -0.39 is 18.6 Å². The van der Waals surface area contributed by atoms with E-state index in [1.807, 2.05) is 19.2 Å².